The molecule has 104 valence electrons. The van der Waals surface area contributed by atoms with Crippen molar-refractivity contribution in [1.82, 2.24) is 0 Å². The van der Waals surface area contributed by atoms with E-state index in [0.717, 1.165) is 0 Å². The van der Waals surface area contributed by atoms with Crippen molar-refractivity contribution in [3.8, 4) is 0 Å². The Kier molecular flexibility index (Phi) is 44.1. The third-order valence-electron chi connectivity index (χ3n) is 1.29. The van der Waals surface area contributed by atoms with Gasteiger partial charge in [0.2, 0.25) is 0 Å². The van der Waals surface area contributed by atoms with E-state index in [1.807, 2.05) is 0 Å². The van der Waals surface area contributed by atoms with E-state index in [-0.39, 0.29) is 116 Å². The van der Waals surface area contributed by atoms with E-state index in [4.69, 9.17) is 20.4 Å². The summed E-state index contributed by atoms with van der Waals surface area (Å²) in [5.74, 6) is -5.02. The number of carboxylic acid groups (broad SMARTS) is 3. The Labute approximate surface area is 185 Å². The second kappa shape index (κ2) is 19.6. The van der Waals surface area contributed by atoms with Crippen molar-refractivity contribution in [2.45, 2.75) is 18.4 Å². The number of hydrogen-bond acceptors (Lipinski definition) is 4. The first-order valence-electron chi connectivity index (χ1n) is 3.17. The zero-order valence-electron chi connectivity index (χ0n) is 13.8. The Bertz CT molecular complexity index is 259. The zero-order valence-corrected chi connectivity index (χ0v) is 17.7. The van der Waals surface area contributed by atoms with Crippen LogP contribution < -0.4 is 88.7 Å². The van der Waals surface area contributed by atoms with Crippen molar-refractivity contribution < 1.29 is 139 Å². The molecule has 0 atom stereocenters. The van der Waals surface area contributed by atoms with Gasteiger partial charge in [0.15, 0.2) is 5.60 Å². The van der Waals surface area contributed by atoms with Gasteiger partial charge in [-0.25, -0.2) is 4.79 Å². The van der Waals surface area contributed by atoms with Crippen LogP contribution in [0.2, 0.25) is 0 Å². The molecule has 0 rings (SSSR count). The number of rotatable bonds is 5. The van der Waals surface area contributed by atoms with Gasteiger partial charge in [0, 0.05) is 0 Å². The molecule has 0 aliphatic heterocycles. The van der Waals surface area contributed by atoms with Gasteiger partial charge in [-0.2, -0.15) is 0 Å². The zero-order chi connectivity index (χ0) is 10.6. The molecule has 19 heavy (non-hydrogen) atoms. The van der Waals surface area contributed by atoms with Gasteiger partial charge in [0.25, 0.3) is 0 Å². The topological polar surface area (TPSA) is 195 Å². The molecule has 0 aromatic heterocycles. The molecule has 0 heterocycles. The molecule has 13 heteroatoms. The van der Waals surface area contributed by atoms with Crippen LogP contribution in [0.25, 0.3) is 0 Å². The molecular weight excluding hydrogens is 320 g/mol. The van der Waals surface area contributed by atoms with Gasteiger partial charge in [0.1, 0.15) is 0 Å². The van der Waals surface area contributed by atoms with E-state index in [1.165, 1.54) is 0 Å². The van der Waals surface area contributed by atoms with E-state index in [9.17, 15) is 14.4 Å². The molecule has 0 amide bonds. The number of carbonyl (C=O) groups is 3. The Morgan fingerprint density at radius 3 is 1.16 bits per heavy atom. The predicted molar refractivity (Wildman–Crippen MR) is 54.9 cm³/mol. The third kappa shape index (κ3) is 19.6. The average molecular weight is 337 g/mol. The molecule has 9 nitrogen and oxygen atoms in total. The average Bonchev–Trinajstić information content (AvgIpc) is 1.82. The van der Waals surface area contributed by atoms with Crippen LogP contribution in [0, 0.1) is 0 Å². The minimum absolute atomic E-state index is 0. The van der Waals surface area contributed by atoms with Crippen molar-refractivity contribution in [2.75, 3.05) is 0 Å². The molecule has 0 spiro atoms. The molecule has 0 aliphatic rings. The van der Waals surface area contributed by atoms with Crippen LogP contribution in [0.15, 0.2) is 0 Å². The monoisotopic (exact) mass is 336 g/mol. The van der Waals surface area contributed by atoms with E-state index >= 15 is 0 Å². The first-order valence-corrected chi connectivity index (χ1v) is 3.17. The van der Waals surface area contributed by atoms with Crippen LogP contribution in [0.3, 0.4) is 0 Å². The van der Waals surface area contributed by atoms with Crippen LogP contribution in [0.4, 0.5) is 0 Å². The van der Waals surface area contributed by atoms with Gasteiger partial charge in [-0.3, -0.25) is 9.59 Å². The van der Waals surface area contributed by atoms with Gasteiger partial charge >= 0.3 is 107 Å². The SMILES string of the molecule is Cl.O.O.O=C(O)CC(O)(CC(=O)O)C(=O)O.[H-].[H-].[H-].[Na+].[Na+].[Na+]. The quantitative estimate of drug-likeness (QED) is 0.357. The number of aliphatic hydroxyl groups is 1. The van der Waals surface area contributed by atoms with Crippen molar-refractivity contribution in [3.63, 3.8) is 0 Å². The number of hydrogen-bond donors (Lipinski definition) is 4. The van der Waals surface area contributed by atoms with Crippen LogP contribution in [-0.2, 0) is 14.4 Å². The van der Waals surface area contributed by atoms with Crippen molar-refractivity contribution in [2.24, 2.45) is 0 Å². The standard InChI is InChI=1S/C6H8O7.ClH.3Na.2H2O.3H/c7-3(8)1-6(13,5(11)12)2-4(9)10;;;;;;;;;/h13H,1-2H2,(H,7,8)(H,9,10)(H,11,12);1H;;;;2*1H2;;;/q;;3*+1;;;3*-1. The van der Waals surface area contributed by atoms with Gasteiger partial charge in [0.05, 0.1) is 12.8 Å². The normalized spacial score (nSPS) is 7.42. The smallest absolute Gasteiger partial charge is 1.00 e. The minimum atomic E-state index is -2.74. The van der Waals surface area contributed by atoms with Crippen LogP contribution in [-0.4, -0.2) is 54.9 Å². The van der Waals surface area contributed by atoms with Gasteiger partial charge in [-0.05, 0) is 0 Å². The summed E-state index contributed by atoms with van der Waals surface area (Å²) in [4.78, 5) is 30.5. The summed E-state index contributed by atoms with van der Waals surface area (Å²) in [6.07, 6.45) is -2.29. The first-order chi connectivity index (χ1) is 5.78. The largest absolute Gasteiger partial charge is 1.00 e. The Morgan fingerprint density at radius 1 is 0.842 bits per heavy atom. The molecular formula is C6H16ClNa3O9. The molecule has 0 saturated carbocycles. The van der Waals surface area contributed by atoms with E-state index in [1.54, 1.807) is 0 Å². The molecule has 8 N–H and O–H groups in total. The third-order valence-corrected chi connectivity index (χ3v) is 1.29. The summed E-state index contributed by atoms with van der Waals surface area (Å²) in [6.45, 7) is 0. The molecule has 0 radical (unpaired) electrons. The molecule has 0 fully saturated rings. The maximum Gasteiger partial charge on any atom is 1.00 e. The van der Waals surface area contributed by atoms with E-state index in [0.29, 0.717) is 0 Å². The Morgan fingerprint density at radius 2 is 1.05 bits per heavy atom. The molecule has 0 bridgehead atoms. The number of carboxylic acids is 3. The van der Waals surface area contributed by atoms with Gasteiger partial charge in [-0.15, -0.1) is 12.4 Å². The van der Waals surface area contributed by atoms with E-state index < -0.39 is 36.4 Å². The fraction of sp³-hybridized carbons (Fsp3) is 0.500. The second-order valence-electron chi connectivity index (χ2n) is 2.48. The number of halogens is 1. The second-order valence-corrected chi connectivity index (χ2v) is 2.48. The van der Waals surface area contributed by atoms with Crippen molar-refractivity contribution in [3.05, 3.63) is 0 Å². The van der Waals surface area contributed by atoms with Crippen LogP contribution >= 0.6 is 12.4 Å². The summed E-state index contributed by atoms with van der Waals surface area (Å²) in [5, 5.41) is 33.8. The summed E-state index contributed by atoms with van der Waals surface area (Å²) in [5.41, 5.74) is -2.74. The van der Waals surface area contributed by atoms with Gasteiger partial charge < -0.3 is 35.7 Å². The summed E-state index contributed by atoms with van der Waals surface area (Å²) in [6, 6.07) is 0. The minimum Gasteiger partial charge on any atom is -1.00 e. The summed E-state index contributed by atoms with van der Waals surface area (Å²) < 4.78 is 0. The Balaban J connectivity index is -0.0000000200. The number of aliphatic carboxylic acids is 3. The molecule has 0 aromatic carbocycles. The van der Waals surface area contributed by atoms with Crippen molar-refractivity contribution in [1.29, 1.82) is 0 Å². The maximum absolute atomic E-state index is 10.3. The fourth-order valence-corrected chi connectivity index (χ4v) is 0.714. The maximum atomic E-state index is 10.3. The van der Waals surface area contributed by atoms with E-state index in [2.05, 4.69) is 0 Å². The van der Waals surface area contributed by atoms with Gasteiger partial charge in [-0.1, -0.05) is 0 Å². The first kappa shape index (κ1) is 42.8. The molecule has 0 unspecified atom stereocenters. The molecule has 0 aromatic rings. The molecule has 0 saturated heterocycles. The predicted octanol–water partition coefficient (Wildman–Crippen LogP) is -11.1. The summed E-state index contributed by atoms with van der Waals surface area (Å²) >= 11 is 0. The fourth-order valence-electron chi connectivity index (χ4n) is 0.714. The Hall–Kier alpha value is 1.58. The van der Waals surface area contributed by atoms with Crippen LogP contribution in [0.1, 0.15) is 17.1 Å². The molecule has 0 aliphatic carbocycles. The van der Waals surface area contributed by atoms with Crippen LogP contribution in [0.5, 0.6) is 0 Å². The summed E-state index contributed by atoms with van der Waals surface area (Å²) in [7, 11) is 0. The van der Waals surface area contributed by atoms with Crippen molar-refractivity contribution >= 4 is 30.3 Å².